The first-order valence-electron chi connectivity index (χ1n) is 6.69. The van der Waals surface area contributed by atoms with E-state index in [-0.39, 0.29) is 5.91 Å². The van der Waals surface area contributed by atoms with Crippen molar-refractivity contribution in [2.24, 2.45) is 17.6 Å². The lowest BCUT2D eigenvalue weighted by Crippen LogP contribution is -2.24. The van der Waals surface area contributed by atoms with Crippen molar-refractivity contribution < 1.29 is 4.79 Å². The molecule has 3 nitrogen and oxygen atoms in total. The topological polar surface area (TPSA) is 55.1 Å². The quantitative estimate of drug-likeness (QED) is 0.591. The van der Waals surface area contributed by atoms with Crippen molar-refractivity contribution in [2.45, 2.75) is 51.9 Å². The van der Waals surface area contributed by atoms with Crippen LogP contribution in [-0.2, 0) is 4.79 Å². The molecular weight excluding hydrogens is 200 g/mol. The summed E-state index contributed by atoms with van der Waals surface area (Å²) in [5.41, 5.74) is 5.47. The van der Waals surface area contributed by atoms with Crippen LogP contribution in [0.25, 0.3) is 0 Å². The van der Waals surface area contributed by atoms with Gasteiger partial charge in [0.05, 0.1) is 0 Å². The Kier molecular flexibility index (Phi) is 6.46. The Morgan fingerprint density at radius 3 is 2.81 bits per heavy atom. The van der Waals surface area contributed by atoms with Gasteiger partial charge in [0.1, 0.15) is 0 Å². The molecule has 16 heavy (non-hydrogen) atoms. The highest BCUT2D eigenvalue weighted by atomic mass is 16.1. The maximum absolute atomic E-state index is 11.5. The van der Waals surface area contributed by atoms with E-state index in [1.807, 2.05) is 0 Å². The molecule has 3 heteroatoms. The van der Waals surface area contributed by atoms with E-state index in [9.17, 15) is 4.79 Å². The van der Waals surface area contributed by atoms with Crippen molar-refractivity contribution in [3.8, 4) is 0 Å². The summed E-state index contributed by atoms with van der Waals surface area (Å²) >= 11 is 0. The average Bonchev–Trinajstić information content (AvgIpc) is 3.06. The van der Waals surface area contributed by atoms with Crippen LogP contribution in [0.3, 0.4) is 0 Å². The Labute approximate surface area is 99.2 Å². The van der Waals surface area contributed by atoms with Crippen LogP contribution >= 0.6 is 0 Å². The van der Waals surface area contributed by atoms with Gasteiger partial charge < -0.3 is 11.1 Å². The molecule has 3 N–H and O–H groups in total. The number of carbonyl (C=O) groups is 1. The van der Waals surface area contributed by atoms with E-state index in [4.69, 9.17) is 5.73 Å². The summed E-state index contributed by atoms with van der Waals surface area (Å²) in [6, 6.07) is 0. The smallest absolute Gasteiger partial charge is 0.220 e. The van der Waals surface area contributed by atoms with Gasteiger partial charge in [0.25, 0.3) is 0 Å². The molecule has 1 atom stereocenters. The van der Waals surface area contributed by atoms with Gasteiger partial charge in [-0.2, -0.15) is 0 Å². The minimum atomic E-state index is 0.208. The molecule has 0 spiro atoms. The summed E-state index contributed by atoms with van der Waals surface area (Å²) in [6.45, 7) is 3.75. The Bertz CT molecular complexity index is 202. The Hall–Kier alpha value is -0.570. The molecule has 1 amide bonds. The molecular formula is C13H26N2O. The van der Waals surface area contributed by atoms with Crippen LogP contribution in [-0.4, -0.2) is 19.0 Å². The van der Waals surface area contributed by atoms with E-state index in [0.717, 1.165) is 38.3 Å². The van der Waals surface area contributed by atoms with Crippen molar-refractivity contribution in [3.63, 3.8) is 0 Å². The summed E-state index contributed by atoms with van der Waals surface area (Å²) in [7, 11) is 0. The predicted molar refractivity (Wildman–Crippen MR) is 67.0 cm³/mol. The summed E-state index contributed by atoms with van der Waals surface area (Å²) in [5, 5.41) is 2.99. The fourth-order valence-corrected chi connectivity index (χ4v) is 1.92. The van der Waals surface area contributed by atoms with Gasteiger partial charge in [-0.1, -0.05) is 19.8 Å². The van der Waals surface area contributed by atoms with Gasteiger partial charge in [-0.3, -0.25) is 4.79 Å². The van der Waals surface area contributed by atoms with E-state index >= 15 is 0 Å². The Morgan fingerprint density at radius 1 is 1.44 bits per heavy atom. The zero-order valence-electron chi connectivity index (χ0n) is 10.5. The Morgan fingerprint density at radius 2 is 2.19 bits per heavy atom. The third-order valence-electron chi connectivity index (χ3n) is 3.33. The number of amides is 1. The molecule has 1 saturated carbocycles. The largest absolute Gasteiger partial charge is 0.356 e. The van der Waals surface area contributed by atoms with Crippen molar-refractivity contribution in [2.75, 3.05) is 13.1 Å². The first-order valence-corrected chi connectivity index (χ1v) is 6.69. The molecule has 1 rings (SSSR count). The van der Waals surface area contributed by atoms with Gasteiger partial charge in [-0.05, 0) is 44.1 Å². The average molecular weight is 226 g/mol. The molecule has 1 unspecified atom stereocenters. The van der Waals surface area contributed by atoms with Crippen LogP contribution in [0, 0.1) is 11.8 Å². The van der Waals surface area contributed by atoms with Gasteiger partial charge in [0.15, 0.2) is 0 Å². The number of nitrogens with one attached hydrogen (secondary N) is 1. The van der Waals surface area contributed by atoms with Crippen LogP contribution in [0.1, 0.15) is 51.9 Å². The molecule has 0 saturated heterocycles. The fraction of sp³-hybridized carbons (Fsp3) is 0.923. The molecule has 0 aromatic carbocycles. The third kappa shape index (κ3) is 6.83. The van der Waals surface area contributed by atoms with Crippen molar-refractivity contribution >= 4 is 5.91 Å². The highest BCUT2D eigenvalue weighted by Crippen LogP contribution is 2.33. The van der Waals surface area contributed by atoms with E-state index < -0.39 is 0 Å². The summed E-state index contributed by atoms with van der Waals surface area (Å²) < 4.78 is 0. The second-order valence-electron chi connectivity index (χ2n) is 5.16. The van der Waals surface area contributed by atoms with Crippen LogP contribution < -0.4 is 11.1 Å². The SMILES string of the molecule is CC(CCN)CCC(=O)NCCCC1CC1. The molecule has 0 aliphatic heterocycles. The number of hydrogen-bond donors (Lipinski definition) is 2. The lowest BCUT2D eigenvalue weighted by Gasteiger charge is -2.09. The molecule has 0 bridgehead atoms. The van der Waals surface area contributed by atoms with Gasteiger partial charge in [-0.25, -0.2) is 0 Å². The fourth-order valence-electron chi connectivity index (χ4n) is 1.92. The molecule has 1 aliphatic rings. The van der Waals surface area contributed by atoms with E-state index in [1.54, 1.807) is 0 Å². The van der Waals surface area contributed by atoms with E-state index in [0.29, 0.717) is 12.3 Å². The van der Waals surface area contributed by atoms with Crippen LogP contribution in [0.5, 0.6) is 0 Å². The zero-order valence-corrected chi connectivity index (χ0v) is 10.5. The standard InChI is InChI=1S/C13H26N2O/c1-11(8-9-14)4-7-13(16)15-10-2-3-12-5-6-12/h11-12H,2-10,14H2,1H3,(H,15,16). The number of carbonyl (C=O) groups excluding carboxylic acids is 1. The first kappa shape index (κ1) is 13.5. The van der Waals surface area contributed by atoms with Gasteiger partial charge in [-0.15, -0.1) is 0 Å². The number of nitrogens with two attached hydrogens (primary N) is 1. The monoisotopic (exact) mass is 226 g/mol. The van der Waals surface area contributed by atoms with Gasteiger partial charge in [0, 0.05) is 13.0 Å². The minimum Gasteiger partial charge on any atom is -0.356 e. The molecule has 0 aromatic heterocycles. The maximum atomic E-state index is 11.5. The summed E-state index contributed by atoms with van der Waals surface area (Å²) in [6.07, 6.45) is 7.90. The molecule has 0 radical (unpaired) electrons. The van der Waals surface area contributed by atoms with Crippen molar-refractivity contribution in [3.05, 3.63) is 0 Å². The molecule has 94 valence electrons. The van der Waals surface area contributed by atoms with Crippen molar-refractivity contribution in [1.82, 2.24) is 5.32 Å². The van der Waals surface area contributed by atoms with Gasteiger partial charge in [0.2, 0.25) is 5.91 Å². The van der Waals surface area contributed by atoms with Crippen molar-refractivity contribution in [1.29, 1.82) is 0 Å². The highest BCUT2D eigenvalue weighted by Gasteiger charge is 2.20. The molecule has 1 fully saturated rings. The normalized spacial score (nSPS) is 17.1. The number of hydrogen-bond acceptors (Lipinski definition) is 2. The highest BCUT2D eigenvalue weighted by molar-refractivity contribution is 5.75. The maximum Gasteiger partial charge on any atom is 0.220 e. The lowest BCUT2D eigenvalue weighted by molar-refractivity contribution is -0.121. The van der Waals surface area contributed by atoms with Gasteiger partial charge >= 0.3 is 0 Å². The minimum absolute atomic E-state index is 0.208. The number of rotatable bonds is 9. The predicted octanol–water partition coefficient (Wildman–Crippen LogP) is 2.06. The molecule has 0 aromatic rings. The second kappa shape index (κ2) is 7.66. The first-order chi connectivity index (χ1) is 7.72. The summed E-state index contributed by atoms with van der Waals surface area (Å²) in [5.74, 6) is 1.75. The third-order valence-corrected chi connectivity index (χ3v) is 3.33. The van der Waals surface area contributed by atoms with Crippen LogP contribution in [0.15, 0.2) is 0 Å². The van der Waals surface area contributed by atoms with Crippen LogP contribution in [0.2, 0.25) is 0 Å². The Balaban J connectivity index is 1.88. The van der Waals surface area contributed by atoms with E-state index in [1.165, 1.54) is 19.3 Å². The lowest BCUT2D eigenvalue weighted by atomic mass is 10.0. The summed E-state index contributed by atoms with van der Waals surface area (Å²) in [4.78, 5) is 11.5. The van der Waals surface area contributed by atoms with Crippen LogP contribution in [0.4, 0.5) is 0 Å². The zero-order chi connectivity index (χ0) is 11.8. The second-order valence-corrected chi connectivity index (χ2v) is 5.16. The molecule has 1 aliphatic carbocycles. The molecule has 0 heterocycles. The van der Waals surface area contributed by atoms with E-state index in [2.05, 4.69) is 12.2 Å².